The minimum Gasteiger partial charge on any atom is -0.364 e. The van der Waals surface area contributed by atoms with E-state index in [9.17, 15) is 4.79 Å². The summed E-state index contributed by atoms with van der Waals surface area (Å²) in [5.41, 5.74) is 1.90. The van der Waals surface area contributed by atoms with E-state index in [0.717, 1.165) is 62.9 Å². The van der Waals surface area contributed by atoms with Gasteiger partial charge in [-0.2, -0.15) is 5.10 Å². The van der Waals surface area contributed by atoms with Crippen molar-refractivity contribution in [2.45, 2.75) is 25.9 Å². The predicted octanol–water partition coefficient (Wildman–Crippen LogP) is 0.640. The molecular weight excluding hydrogens is 320 g/mol. The summed E-state index contributed by atoms with van der Waals surface area (Å²) in [5.74, 6) is 1.10. The summed E-state index contributed by atoms with van der Waals surface area (Å²) >= 11 is 0. The monoisotopic (exact) mass is 344 g/mol. The Morgan fingerprint density at radius 1 is 1.24 bits per heavy atom. The van der Waals surface area contributed by atoms with E-state index in [-0.39, 0.29) is 11.9 Å². The second-order valence-electron chi connectivity index (χ2n) is 6.86. The normalized spacial score (nSPS) is 22.9. The lowest BCUT2D eigenvalue weighted by atomic mass is 10.1. The van der Waals surface area contributed by atoms with Gasteiger partial charge in [-0.1, -0.05) is 5.16 Å². The van der Waals surface area contributed by atoms with E-state index >= 15 is 0 Å². The van der Waals surface area contributed by atoms with Crippen LogP contribution in [0.3, 0.4) is 0 Å². The molecule has 4 heterocycles. The summed E-state index contributed by atoms with van der Waals surface area (Å²) in [7, 11) is 1.89. The molecule has 4 rings (SSSR count). The number of amides is 1. The molecule has 1 unspecified atom stereocenters. The molecule has 0 spiro atoms. The number of aromatic nitrogens is 3. The van der Waals surface area contributed by atoms with Crippen LogP contribution in [0.25, 0.3) is 0 Å². The molecule has 2 aliphatic heterocycles. The van der Waals surface area contributed by atoms with E-state index in [1.54, 1.807) is 10.9 Å². The van der Waals surface area contributed by atoms with E-state index in [0.29, 0.717) is 0 Å². The first-order valence-electron chi connectivity index (χ1n) is 8.79. The third-order valence-electron chi connectivity index (χ3n) is 5.16. The molecule has 2 saturated heterocycles. The van der Waals surface area contributed by atoms with Crippen LogP contribution in [0.2, 0.25) is 0 Å². The highest BCUT2D eigenvalue weighted by Gasteiger charge is 2.38. The summed E-state index contributed by atoms with van der Waals surface area (Å²) in [6.07, 6.45) is 2.49. The van der Waals surface area contributed by atoms with Crippen LogP contribution in [0.4, 0.5) is 5.82 Å². The minimum absolute atomic E-state index is 0.00981. The van der Waals surface area contributed by atoms with Crippen LogP contribution >= 0.6 is 0 Å². The maximum Gasteiger partial charge on any atom is 0.245 e. The van der Waals surface area contributed by atoms with Gasteiger partial charge in [0.25, 0.3) is 0 Å². The van der Waals surface area contributed by atoms with Gasteiger partial charge in [0.2, 0.25) is 5.91 Å². The molecule has 134 valence electrons. The average molecular weight is 344 g/mol. The molecule has 25 heavy (non-hydrogen) atoms. The van der Waals surface area contributed by atoms with Gasteiger partial charge in [0.05, 0.1) is 17.4 Å². The lowest BCUT2D eigenvalue weighted by Crippen LogP contribution is -2.52. The highest BCUT2D eigenvalue weighted by molar-refractivity contribution is 5.98. The van der Waals surface area contributed by atoms with Crippen LogP contribution in [0.1, 0.15) is 17.8 Å². The van der Waals surface area contributed by atoms with Crippen molar-refractivity contribution in [2.75, 3.05) is 37.6 Å². The lowest BCUT2D eigenvalue weighted by molar-refractivity contribution is -0.122. The minimum atomic E-state index is -0.00981. The quantitative estimate of drug-likeness (QED) is 0.811. The van der Waals surface area contributed by atoms with Gasteiger partial charge < -0.3 is 4.52 Å². The number of hydrogen-bond donors (Lipinski definition) is 0. The van der Waals surface area contributed by atoms with Crippen LogP contribution in [0.5, 0.6) is 0 Å². The van der Waals surface area contributed by atoms with Gasteiger partial charge in [-0.3, -0.25) is 24.2 Å². The molecule has 2 aliphatic rings. The van der Waals surface area contributed by atoms with Gasteiger partial charge in [0, 0.05) is 58.4 Å². The Bertz CT molecular complexity index is 732. The van der Waals surface area contributed by atoms with E-state index in [4.69, 9.17) is 4.52 Å². The van der Waals surface area contributed by atoms with Crippen molar-refractivity contribution in [3.8, 4) is 0 Å². The molecule has 0 N–H and O–H groups in total. The summed E-state index contributed by atoms with van der Waals surface area (Å²) < 4.78 is 6.69. The Morgan fingerprint density at radius 2 is 2.04 bits per heavy atom. The van der Waals surface area contributed by atoms with Gasteiger partial charge in [-0.25, -0.2) is 0 Å². The first kappa shape index (κ1) is 16.3. The average Bonchev–Trinajstić information content (AvgIpc) is 3.30. The topological polar surface area (TPSA) is 70.6 Å². The molecule has 0 radical (unpaired) electrons. The second kappa shape index (κ2) is 6.61. The molecule has 0 aliphatic carbocycles. The van der Waals surface area contributed by atoms with Crippen LogP contribution in [-0.2, 0) is 18.4 Å². The Kier molecular flexibility index (Phi) is 4.30. The van der Waals surface area contributed by atoms with E-state index in [1.165, 1.54) is 0 Å². The summed E-state index contributed by atoms with van der Waals surface area (Å²) in [5, 5.41) is 8.34. The molecule has 1 amide bonds. The second-order valence-corrected chi connectivity index (χ2v) is 6.86. The summed E-state index contributed by atoms with van der Waals surface area (Å²) in [6, 6.07) is 3.88. The highest BCUT2D eigenvalue weighted by atomic mass is 16.5. The zero-order valence-electron chi connectivity index (χ0n) is 14.8. The Balaban J connectivity index is 1.36. The number of carbonyl (C=O) groups is 1. The SMILES string of the molecule is Cc1cc(N2CCC(N3CCN(Cc4ccon4)CC3)C2=O)n(C)n1. The number of carbonyl (C=O) groups excluding carboxylic acids is 1. The van der Waals surface area contributed by atoms with Crippen LogP contribution in [0, 0.1) is 6.92 Å². The number of aryl methyl sites for hydroxylation is 2. The van der Waals surface area contributed by atoms with Gasteiger partial charge in [-0.15, -0.1) is 0 Å². The van der Waals surface area contributed by atoms with Gasteiger partial charge >= 0.3 is 0 Å². The first-order chi connectivity index (χ1) is 12.1. The number of nitrogens with zero attached hydrogens (tertiary/aromatic N) is 6. The van der Waals surface area contributed by atoms with Crippen molar-refractivity contribution in [1.29, 1.82) is 0 Å². The van der Waals surface area contributed by atoms with Crippen molar-refractivity contribution in [3.05, 3.63) is 29.8 Å². The number of piperazine rings is 1. The summed E-state index contributed by atoms with van der Waals surface area (Å²) in [6.45, 7) is 7.24. The largest absolute Gasteiger partial charge is 0.364 e. The molecule has 8 heteroatoms. The number of hydrogen-bond acceptors (Lipinski definition) is 6. The fourth-order valence-electron chi connectivity index (χ4n) is 3.86. The molecule has 2 aromatic heterocycles. The predicted molar refractivity (Wildman–Crippen MR) is 92.1 cm³/mol. The van der Waals surface area contributed by atoms with Crippen molar-refractivity contribution >= 4 is 11.7 Å². The van der Waals surface area contributed by atoms with Gasteiger partial charge in [-0.05, 0) is 13.3 Å². The first-order valence-corrected chi connectivity index (χ1v) is 8.79. The lowest BCUT2D eigenvalue weighted by Gasteiger charge is -2.36. The van der Waals surface area contributed by atoms with Crippen LogP contribution in [0.15, 0.2) is 22.9 Å². The van der Waals surface area contributed by atoms with E-state index < -0.39 is 0 Å². The van der Waals surface area contributed by atoms with Crippen LogP contribution in [-0.4, -0.2) is 69.4 Å². The molecule has 1 atom stereocenters. The third-order valence-corrected chi connectivity index (χ3v) is 5.16. The Hall–Kier alpha value is -2.19. The van der Waals surface area contributed by atoms with Crippen LogP contribution < -0.4 is 4.90 Å². The van der Waals surface area contributed by atoms with Crippen molar-refractivity contribution in [2.24, 2.45) is 7.05 Å². The smallest absolute Gasteiger partial charge is 0.245 e. The molecule has 2 fully saturated rings. The molecule has 0 saturated carbocycles. The van der Waals surface area contributed by atoms with E-state index in [2.05, 4.69) is 20.1 Å². The molecule has 8 nitrogen and oxygen atoms in total. The van der Waals surface area contributed by atoms with Gasteiger partial charge in [0.1, 0.15) is 12.1 Å². The van der Waals surface area contributed by atoms with Gasteiger partial charge in [0.15, 0.2) is 0 Å². The Labute approximate surface area is 147 Å². The standard InChI is InChI=1S/C17H24N6O2/c1-13-11-16(20(2)18-13)23-5-3-15(17(23)24)22-8-6-21(7-9-22)12-14-4-10-25-19-14/h4,10-11,15H,3,5-9,12H2,1-2H3. The zero-order chi connectivity index (χ0) is 17.4. The molecule has 0 aromatic carbocycles. The number of anilines is 1. The highest BCUT2D eigenvalue weighted by Crippen LogP contribution is 2.25. The fraction of sp³-hybridized carbons (Fsp3) is 0.588. The Morgan fingerprint density at radius 3 is 2.68 bits per heavy atom. The van der Waals surface area contributed by atoms with Crippen molar-refractivity contribution < 1.29 is 9.32 Å². The maximum atomic E-state index is 12.9. The van der Waals surface area contributed by atoms with Crippen molar-refractivity contribution in [1.82, 2.24) is 24.7 Å². The van der Waals surface area contributed by atoms with E-state index in [1.807, 2.05) is 31.0 Å². The zero-order valence-corrected chi connectivity index (χ0v) is 14.8. The molecule has 2 aromatic rings. The molecular formula is C17H24N6O2. The fourth-order valence-corrected chi connectivity index (χ4v) is 3.86. The molecule has 0 bridgehead atoms. The van der Waals surface area contributed by atoms with Crippen molar-refractivity contribution in [3.63, 3.8) is 0 Å². The number of rotatable bonds is 4. The third kappa shape index (κ3) is 3.19. The summed E-state index contributed by atoms with van der Waals surface area (Å²) in [4.78, 5) is 19.5. The maximum absolute atomic E-state index is 12.9.